The fraction of sp³-hybridized carbons (Fsp3) is 0.385. The number of rotatable bonds is 3. The van der Waals surface area contributed by atoms with Gasteiger partial charge in [0.15, 0.2) is 0 Å². The second kappa shape index (κ2) is 5.93. The van der Waals surface area contributed by atoms with Gasteiger partial charge in [-0.25, -0.2) is 4.79 Å². The maximum absolute atomic E-state index is 12.0. The standard InChI is InChI=1S/C13H16ClNO4/c1-13(2,3)19-12(18)15(8-11(16)17)10-7-5-4-6-9(10)14/h4-7H,8H2,1-3H3,(H,16,17). The van der Waals surface area contributed by atoms with Gasteiger partial charge in [-0.1, -0.05) is 23.7 Å². The molecular weight excluding hydrogens is 270 g/mol. The summed E-state index contributed by atoms with van der Waals surface area (Å²) in [6, 6.07) is 6.51. The lowest BCUT2D eigenvalue weighted by Gasteiger charge is -2.26. The van der Waals surface area contributed by atoms with Gasteiger partial charge in [0.1, 0.15) is 12.1 Å². The number of benzene rings is 1. The van der Waals surface area contributed by atoms with Crippen molar-refractivity contribution in [3.05, 3.63) is 29.3 Å². The summed E-state index contributed by atoms with van der Waals surface area (Å²) in [5.41, 5.74) is -0.407. The Morgan fingerprint density at radius 1 is 1.32 bits per heavy atom. The van der Waals surface area contributed by atoms with Crippen LogP contribution in [0.5, 0.6) is 0 Å². The molecule has 104 valence electrons. The number of hydrogen-bond donors (Lipinski definition) is 1. The number of carbonyl (C=O) groups excluding carboxylic acids is 1. The van der Waals surface area contributed by atoms with E-state index in [9.17, 15) is 9.59 Å². The summed E-state index contributed by atoms with van der Waals surface area (Å²) >= 11 is 5.98. The highest BCUT2D eigenvalue weighted by Gasteiger charge is 2.26. The first kappa shape index (κ1) is 15.3. The molecule has 0 saturated heterocycles. The van der Waals surface area contributed by atoms with Crippen molar-refractivity contribution in [1.29, 1.82) is 0 Å². The molecule has 0 atom stereocenters. The first-order chi connectivity index (χ1) is 8.70. The molecule has 0 heterocycles. The lowest BCUT2D eigenvalue weighted by Crippen LogP contribution is -2.40. The molecule has 6 heteroatoms. The number of anilines is 1. The van der Waals surface area contributed by atoms with Crippen LogP contribution in [0.1, 0.15) is 20.8 Å². The third-order valence-electron chi connectivity index (χ3n) is 2.05. The molecule has 0 spiro atoms. The summed E-state index contributed by atoms with van der Waals surface area (Å²) in [6.45, 7) is 4.60. The van der Waals surface area contributed by atoms with E-state index in [0.717, 1.165) is 4.90 Å². The van der Waals surface area contributed by atoms with Gasteiger partial charge in [-0.2, -0.15) is 0 Å². The molecule has 0 radical (unpaired) electrons. The Hall–Kier alpha value is -1.75. The highest BCUT2D eigenvalue weighted by atomic mass is 35.5. The number of para-hydroxylation sites is 1. The van der Waals surface area contributed by atoms with Crippen LogP contribution in [0, 0.1) is 0 Å². The van der Waals surface area contributed by atoms with Crippen LogP contribution in [-0.2, 0) is 9.53 Å². The Morgan fingerprint density at radius 3 is 2.37 bits per heavy atom. The fourth-order valence-corrected chi connectivity index (χ4v) is 1.61. The Bertz CT molecular complexity index is 482. The molecule has 1 aromatic carbocycles. The van der Waals surface area contributed by atoms with Crippen molar-refractivity contribution in [1.82, 2.24) is 0 Å². The van der Waals surface area contributed by atoms with Crippen LogP contribution in [0.3, 0.4) is 0 Å². The van der Waals surface area contributed by atoms with Crippen molar-refractivity contribution in [3.8, 4) is 0 Å². The highest BCUT2D eigenvalue weighted by molar-refractivity contribution is 6.33. The predicted octanol–water partition coefficient (Wildman–Crippen LogP) is 3.17. The third-order valence-corrected chi connectivity index (χ3v) is 2.37. The number of nitrogens with zero attached hydrogens (tertiary/aromatic N) is 1. The largest absolute Gasteiger partial charge is 0.480 e. The lowest BCUT2D eigenvalue weighted by molar-refractivity contribution is -0.135. The van der Waals surface area contributed by atoms with E-state index in [1.54, 1.807) is 45.0 Å². The highest BCUT2D eigenvalue weighted by Crippen LogP contribution is 2.26. The molecule has 0 aromatic heterocycles. The lowest BCUT2D eigenvalue weighted by atomic mass is 10.2. The summed E-state index contributed by atoms with van der Waals surface area (Å²) in [6.07, 6.45) is -0.747. The van der Waals surface area contributed by atoms with Crippen LogP contribution in [0.15, 0.2) is 24.3 Å². The van der Waals surface area contributed by atoms with Crippen LogP contribution >= 0.6 is 11.6 Å². The van der Waals surface area contributed by atoms with Crippen molar-refractivity contribution >= 4 is 29.4 Å². The van der Waals surface area contributed by atoms with Gasteiger partial charge >= 0.3 is 12.1 Å². The van der Waals surface area contributed by atoms with Crippen LogP contribution in [0.25, 0.3) is 0 Å². The second-order valence-corrected chi connectivity index (χ2v) is 5.32. The quantitative estimate of drug-likeness (QED) is 0.926. The normalized spacial score (nSPS) is 10.9. The monoisotopic (exact) mass is 285 g/mol. The molecular formula is C13H16ClNO4. The van der Waals surface area contributed by atoms with Crippen LogP contribution < -0.4 is 4.90 Å². The average Bonchev–Trinajstić information content (AvgIpc) is 2.24. The van der Waals surface area contributed by atoms with Crippen LogP contribution in [0.4, 0.5) is 10.5 Å². The molecule has 1 amide bonds. The molecule has 0 aliphatic carbocycles. The van der Waals surface area contributed by atoms with E-state index in [1.807, 2.05) is 0 Å². The topological polar surface area (TPSA) is 66.8 Å². The zero-order valence-electron chi connectivity index (χ0n) is 11.0. The van der Waals surface area contributed by atoms with E-state index < -0.39 is 24.2 Å². The van der Waals surface area contributed by atoms with Gasteiger partial charge in [0, 0.05) is 0 Å². The zero-order valence-corrected chi connectivity index (χ0v) is 11.8. The van der Waals surface area contributed by atoms with E-state index in [2.05, 4.69) is 0 Å². The molecule has 0 saturated carbocycles. The molecule has 0 aliphatic heterocycles. The molecule has 1 aromatic rings. The first-order valence-corrected chi connectivity index (χ1v) is 6.05. The Kier molecular flexibility index (Phi) is 4.78. The maximum atomic E-state index is 12.0. The van der Waals surface area contributed by atoms with Gasteiger partial charge < -0.3 is 9.84 Å². The van der Waals surface area contributed by atoms with Gasteiger partial charge in [-0.3, -0.25) is 9.69 Å². The van der Waals surface area contributed by atoms with Crippen LogP contribution in [0.2, 0.25) is 5.02 Å². The zero-order chi connectivity index (χ0) is 14.6. The number of carboxylic acids is 1. The van der Waals surface area contributed by atoms with Gasteiger partial charge in [-0.15, -0.1) is 0 Å². The molecule has 1 rings (SSSR count). The third kappa shape index (κ3) is 4.79. The van der Waals surface area contributed by atoms with Crippen molar-refractivity contribution in [3.63, 3.8) is 0 Å². The number of amides is 1. The van der Waals surface area contributed by atoms with Crippen LogP contribution in [-0.4, -0.2) is 29.3 Å². The molecule has 0 aliphatic rings. The molecule has 0 fully saturated rings. The molecule has 5 nitrogen and oxygen atoms in total. The molecule has 0 bridgehead atoms. The van der Waals surface area contributed by atoms with E-state index in [4.69, 9.17) is 21.4 Å². The van der Waals surface area contributed by atoms with Crippen molar-refractivity contribution in [2.75, 3.05) is 11.4 Å². The predicted molar refractivity (Wildman–Crippen MR) is 72.7 cm³/mol. The Balaban J connectivity index is 3.05. The van der Waals surface area contributed by atoms with E-state index in [0.29, 0.717) is 5.69 Å². The second-order valence-electron chi connectivity index (χ2n) is 4.91. The number of ether oxygens (including phenoxy) is 1. The van der Waals surface area contributed by atoms with E-state index in [1.165, 1.54) is 0 Å². The molecule has 19 heavy (non-hydrogen) atoms. The number of carbonyl (C=O) groups is 2. The summed E-state index contributed by atoms with van der Waals surface area (Å²) in [5, 5.41) is 9.18. The van der Waals surface area contributed by atoms with Crippen molar-refractivity contribution in [2.45, 2.75) is 26.4 Å². The van der Waals surface area contributed by atoms with E-state index in [-0.39, 0.29) is 5.02 Å². The average molecular weight is 286 g/mol. The summed E-state index contributed by atoms with van der Waals surface area (Å²) in [5.74, 6) is -1.15. The number of hydrogen-bond acceptors (Lipinski definition) is 3. The number of carboxylic acid groups (broad SMARTS) is 1. The van der Waals surface area contributed by atoms with Gasteiger partial charge in [0.05, 0.1) is 10.7 Å². The summed E-state index contributed by atoms with van der Waals surface area (Å²) in [4.78, 5) is 23.9. The molecule has 1 N–H and O–H groups in total. The Morgan fingerprint density at radius 2 is 1.89 bits per heavy atom. The number of aliphatic carboxylic acids is 1. The Labute approximate surface area is 116 Å². The maximum Gasteiger partial charge on any atom is 0.415 e. The first-order valence-electron chi connectivity index (χ1n) is 5.67. The smallest absolute Gasteiger partial charge is 0.415 e. The fourth-order valence-electron chi connectivity index (χ4n) is 1.37. The molecule has 0 unspecified atom stereocenters. The van der Waals surface area contributed by atoms with Crippen molar-refractivity contribution in [2.24, 2.45) is 0 Å². The van der Waals surface area contributed by atoms with Crippen molar-refractivity contribution < 1.29 is 19.4 Å². The minimum Gasteiger partial charge on any atom is -0.480 e. The number of halogens is 1. The van der Waals surface area contributed by atoms with Gasteiger partial charge in [-0.05, 0) is 32.9 Å². The van der Waals surface area contributed by atoms with Gasteiger partial charge in [0.2, 0.25) is 0 Å². The summed E-state index contributed by atoms with van der Waals surface area (Å²) < 4.78 is 5.18. The SMILES string of the molecule is CC(C)(C)OC(=O)N(CC(=O)O)c1ccccc1Cl. The van der Waals surface area contributed by atoms with Gasteiger partial charge in [0.25, 0.3) is 0 Å². The summed E-state index contributed by atoms with van der Waals surface area (Å²) in [7, 11) is 0. The minimum absolute atomic E-state index is 0.287. The minimum atomic E-state index is -1.15. The van der Waals surface area contributed by atoms with E-state index >= 15 is 0 Å².